The van der Waals surface area contributed by atoms with Crippen LogP contribution in [0.25, 0.3) is 0 Å². The molecule has 104 valence electrons. The summed E-state index contributed by atoms with van der Waals surface area (Å²) < 4.78 is 0. The van der Waals surface area contributed by atoms with Gasteiger partial charge in [0.25, 0.3) is 0 Å². The lowest BCUT2D eigenvalue weighted by Gasteiger charge is -2.03. The number of anilines is 1. The number of nitrogens with zero attached hydrogens (tertiary/aromatic N) is 4. The summed E-state index contributed by atoms with van der Waals surface area (Å²) in [7, 11) is 0. The Morgan fingerprint density at radius 1 is 1.05 bits per heavy atom. The standard InChI is InChI=1S/C16H14N4S/c1-11-10-21-16(19-11)15-14(12-5-8-17-9-6-12)20(15)13-4-2-3-7-18-13/h2-10,14-15H,1H3/t14-,15-,20?/m1/s1. The molecule has 4 heterocycles. The van der Waals surface area contributed by atoms with Crippen molar-refractivity contribution in [3.05, 3.63) is 70.6 Å². The zero-order valence-electron chi connectivity index (χ0n) is 11.5. The van der Waals surface area contributed by atoms with Gasteiger partial charge in [-0.2, -0.15) is 0 Å². The molecular weight excluding hydrogens is 280 g/mol. The number of thiazole rings is 1. The molecule has 0 radical (unpaired) electrons. The van der Waals surface area contributed by atoms with Gasteiger partial charge in [-0.3, -0.25) is 4.98 Å². The van der Waals surface area contributed by atoms with Crippen molar-refractivity contribution in [1.82, 2.24) is 15.0 Å². The van der Waals surface area contributed by atoms with Crippen LogP contribution in [0.5, 0.6) is 0 Å². The first-order chi connectivity index (χ1) is 10.3. The topological polar surface area (TPSA) is 41.7 Å². The fraction of sp³-hybridized carbons (Fsp3) is 0.188. The van der Waals surface area contributed by atoms with Crippen molar-refractivity contribution >= 4 is 17.2 Å². The molecule has 0 aliphatic carbocycles. The third kappa shape index (κ3) is 2.19. The van der Waals surface area contributed by atoms with E-state index in [-0.39, 0.29) is 6.04 Å². The second-order valence-electron chi connectivity index (χ2n) is 5.09. The van der Waals surface area contributed by atoms with Gasteiger partial charge in [0.15, 0.2) is 0 Å². The third-order valence-corrected chi connectivity index (χ3v) is 4.69. The summed E-state index contributed by atoms with van der Waals surface area (Å²) in [5.74, 6) is 0.997. The molecule has 1 saturated heterocycles. The highest BCUT2D eigenvalue weighted by Crippen LogP contribution is 2.56. The molecule has 0 spiro atoms. The summed E-state index contributed by atoms with van der Waals surface area (Å²) in [5, 5.41) is 3.26. The number of hydrogen-bond acceptors (Lipinski definition) is 5. The van der Waals surface area contributed by atoms with E-state index in [1.807, 2.05) is 37.6 Å². The lowest BCUT2D eigenvalue weighted by atomic mass is 10.1. The maximum atomic E-state index is 4.66. The lowest BCUT2D eigenvalue weighted by Crippen LogP contribution is -1.97. The smallest absolute Gasteiger partial charge is 0.129 e. The second kappa shape index (κ2) is 4.93. The molecule has 1 fully saturated rings. The molecular formula is C16H14N4S. The van der Waals surface area contributed by atoms with Crippen LogP contribution in [0.2, 0.25) is 0 Å². The van der Waals surface area contributed by atoms with Gasteiger partial charge in [0.1, 0.15) is 16.9 Å². The molecule has 0 N–H and O–H groups in total. The maximum Gasteiger partial charge on any atom is 0.129 e. The molecule has 5 heteroatoms. The van der Waals surface area contributed by atoms with Gasteiger partial charge in [0.2, 0.25) is 0 Å². The Hall–Kier alpha value is -2.27. The van der Waals surface area contributed by atoms with Crippen molar-refractivity contribution in [1.29, 1.82) is 0 Å². The van der Waals surface area contributed by atoms with Crippen molar-refractivity contribution in [2.75, 3.05) is 4.90 Å². The van der Waals surface area contributed by atoms with Gasteiger partial charge >= 0.3 is 0 Å². The molecule has 0 bridgehead atoms. The number of aromatic nitrogens is 3. The Morgan fingerprint density at radius 2 is 1.90 bits per heavy atom. The van der Waals surface area contributed by atoms with Gasteiger partial charge in [0, 0.05) is 29.7 Å². The number of aryl methyl sites for hydroxylation is 1. The van der Waals surface area contributed by atoms with Gasteiger partial charge in [0.05, 0.1) is 6.04 Å². The summed E-state index contributed by atoms with van der Waals surface area (Å²) in [6, 6.07) is 10.7. The van der Waals surface area contributed by atoms with E-state index in [1.54, 1.807) is 11.3 Å². The minimum atomic E-state index is 0.279. The molecule has 2 atom stereocenters. The Labute approximate surface area is 127 Å². The van der Waals surface area contributed by atoms with Crippen LogP contribution in [-0.4, -0.2) is 15.0 Å². The van der Waals surface area contributed by atoms with Crippen molar-refractivity contribution in [2.24, 2.45) is 0 Å². The van der Waals surface area contributed by atoms with Crippen LogP contribution in [-0.2, 0) is 0 Å². The van der Waals surface area contributed by atoms with Crippen molar-refractivity contribution in [3.8, 4) is 0 Å². The molecule has 0 amide bonds. The van der Waals surface area contributed by atoms with Crippen molar-refractivity contribution < 1.29 is 0 Å². The normalized spacial score (nSPS) is 20.5. The van der Waals surface area contributed by atoms with Crippen LogP contribution >= 0.6 is 11.3 Å². The molecule has 4 rings (SSSR count). The highest BCUT2D eigenvalue weighted by Gasteiger charge is 2.52. The fourth-order valence-electron chi connectivity index (χ4n) is 2.69. The first kappa shape index (κ1) is 12.5. The van der Waals surface area contributed by atoms with Gasteiger partial charge < -0.3 is 4.90 Å². The SMILES string of the molecule is Cc1csc([C@H]2[C@@H](c3ccncc3)N2c2ccccn2)n1. The highest BCUT2D eigenvalue weighted by molar-refractivity contribution is 7.09. The molecule has 0 aromatic carbocycles. The van der Waals surface area contributed by atoms with Gasteiger partial charge in [-0.15, -0.1) is 11.3 Å². The predicted molar refractivity (Wildman–Crippen MR) is 83.3 cm³/mol. The van der Waals surface area contributed by atoms with E-state index in [1.165, 1.54) is 5.56 Å². The minimum Gasteiger partial charge on any atom is -0.335 e. The molecule has 4 nitrogen and oxygen atoms in total. The van der Waals surface area contributed by atoms with E-state index in [0.717, 1.165) is 16.5 Å². The lowest BCUT2D eigenvalue weighted by molar-refractivity contribution is 0.988. The summed E-state index contributed by atoms with van der Waals surface area (Å²) >= 11 is 1.72. The molecule has 0 unspecified atom stereocenters. The van der Waals surface area contributed by atoms with Crippen molar-refractivity contribution in [2.45, 2.75) is 19.0 Å². The van der Waals surface area contributed by atoms with Crippen LogP contribution in [0.15, 0.2) is 54.3 Å². The maximum absolute atomic E-state index is 4.66. The number of rotatable bonds is 3. The average Bonchev–Trinajstić information content (AvgIpc) is 3.15. The number of pyridine rings is 2. The zero-order chi connectivity index (χ0) is 14.2. The average molecular weight is 294 g/mol. The van der Waals surface area contributed by atoms with Gasteiger partial charge in [-0.1, -0.05) is 6.07 Å². The van der Waals surface area contributed by atoms with E-state index >= 15 is 0 Å². The van der Waals surface area contributed by atoms with Gasteiger partial charge in [-0.05, 0) is 36.8 Å². The number of hydrogen-bond donors (Lipinski definition) is 0. The summed E-state index contributed by atoms with van der Waals surface area (Å²) in [4.78, 5) is 15.6. The molecule has 3 aromatic heterocycles. The van der Waals surface area contributed by atoms with E-state index in [2.05, 4.69) is 43.4 Å². The van der Waals surface area contributed by atoms with E-state index in [9.17, 15) is 0 Å². The third-order valence-electron chi connectivity index (χ3n) is 3.66. The van der Waals surface area contributed by atoms with Crippen LogP contribution in [0.4, 0.5) is 5.82 Å². The summed E-state index contributed by atoms with van der Waals surface area (Å²) in [6.45, 7) is 2.04. The van der Waals surface area contributed by atoms with Crippen LogP contribution in [0, 0.1) is 6.92 Å². The molecule has 3 aromatic rings. The summed E-state index contributed by atoms with van der Waals surface area (Å²) in [5.41, 5.74) is 2.34. The molecule has 21 heavy (non-hydrogen) atoms. The van der Waals surface area contributed by atoms with Crippen LogP contribution in [0.3, 0.4) is 0 Å². The van der Waals surface area contributed by atoms with Crippen LogP contribution < -0.4 is 4.90 Å². The first-order valence-corrected chi connectivity index (χ1v) is 7.74. The second-order valence-corrected chi connectivity index (χ2v) is 5.98. The monoisotopic (exact) mass is 294 g/mol. The fourth-order valence-corrected chi connectivity index (χ4v) is 3.61. The van der Waals surface area contributed by atoms with E-state index in [0.29, 0.717) is 6.04 Å². The largest absolute Gasteiger partial charge is 0.335 e. The van der Waals surface area contributed by atoms with E-state index < -0.39 is 0 Å². The quantitative estimate of drug-likeness (QED) is 0.693. The van der Waals surface area contributed by atoms with Crippen molar-refractivity contribution in [3.63, 3.8) is 0 Å². The summed E-state index contributed by atoms with van der Waals surface area (Å²) in [6.07, 6.45) is 5.52. The first-order valence-electron chi connectivity index (χ1n) is 6.86. The molecule has 1 aliphatic heterocycles. The molecule has 1 aliphatic rings. The predicted octanol–water partition coefficient (Wildman–Crippen LogP) is 3.54. The molecule has 0 saturated carbocycles. The minimum absolute atomic E-state index is 0.279. The Balaban J connectivity index is 1.73. The van der Waals surface area contributed by atoms with E-state index in [4.69, 9.17) is 0 Å². The Kier molecular flexibility index (Phi) is 2.93. The Morgan fingerprint density at radius 3 is 2.57 bits per heavy atom. The zero-order valence-corrected chi connectivity index (χ0v) is 12.4. The van der Waals surface area contributed by atoms with Gasteiger partial charge in [-0.25, -0.2) is 9.97 Å². The highest BCUT2D eigenvalue weighted by atomic mass is 32.1. The Bertz CT molecular complexity index is 696. The van der Waals surface area contributed by atoms with Crippen LogP contribution in [0.1, 0.15) is 28.3 Å².